The molecule has 1 saturated heterocycles. The molecule has 0 aromatic heterocycles. The molecule has 1 heterocycles. The molecule has 0 aliphatic carbocycles. The number of rotatable bonds is 1. The van der Waals surface area contributed by atoms with E-state index in [1.54, 1.807) is 0 Å². The second-order valence-corrected chi connectivity index (χ2v) is 3.47. The molecule has 0 radical (unpaired) electrons. The first kappa shape index (κ1) is 6.94. The van der Waals surface area contributed by atoms with Crippen LogP contribution in [0.25, 0.3) is 0 Å². The molecular weight excluding hydrogens is 144 g/mol. The van der Waals surface area contributed by atoms with Crippen LogP contribution < -0.4 is 5.73 Å². The topological polar surface area (TPSA) is 83.6 Å². The largest absolute Gasteiger partial charge is 0.336 e. The maximum atomic E-state index is 10.2. The van der Waals surface area contributed by atoms with E-state index in [9.17, 15) is 8.42 Å². The van der Waals surface area contributed by atoms with Crippen molar-refractivity contribution in [2.24, 2.45) is 5.73 Å². The fraction of sp³-hybridized carbons (Fsp3) is 1.00. The third kappa shape index (κ3) is 1.39. The minimum atomic E-state index is -3.95. The molecule has 0 aromatic rings. The van der Waals surface area contributed by atoms with Crippen LogP contribution in [0.5, 0.6) is 0 Å². The van der Waals surface area contributed by atoms with E-state index in [2.05, 4.69) is 0 Å². The maximum absolute atomic E-state index is 10.2. The highest BCUT2D eigenvalue weighted by atomic mass is 32.2. The van der Waals surface area contributed by atoms with E-state index in [1.807, 2.05) is 0 Å². The predicted molar refractivity (Wildman–Crippen MR) is 31.1 cm³/mol. The van der Waals surface area contributed by atoms with Crippen molar-refractivity contribution < 1.29 is 13.0 Å². The summed E-state index contributed by atoms with van der Waals surface area (Å²) in [6.07, 6.45) is 0. The van der Waals surface area contributed by atoms with E-state index in [-0.39, 0.29) is 19.1 Å². The molecule has 6 heteroatoms. The molecule has 9 heavy (non-hydrogen) atoms. The summed E-state index contributed by atoms with van der Waals surface area (Å²) in [6.45, 7) is 0.470. The van der Waals surface area contributed by atoms with Gasteiger partial charge < -0.3 is 5.73 Å². The first-order valence-corrected chi connectivity index (χ1v) is 3.88. The van der Waals surface area contributed by atoms with E-state index < -0.39 is 10.3 Å². The summed E-state index contributed by atoms with van der Waals surface area (Å²) in [6, 6.07) is -0.105. The average Bonchev–Trinajstić information content (AvgIpc) is 1.55. The first-order valence-electron chi connectivity index (χ1n) is 2.48. The Bertz CT molecular complexity index is 193. The van der Waals surface area contributed by atoms with E-state index in [0.717, 1.165) is 4.31 Å². The lowest BCUT2D eigenvalue weighted by Gasteiger charge is -2.32. The third-order valence-corrected chi connectivity index (χ3v) is 2.15. The lowest BCUT2D eigenvalue weighted by atomic mass is 10.2. The van der Waals surface area contributed by atoms with Gasteiger partial charge in [-0.05, 0) is 0 Å². The molecule has 3 N–H and O–H groups in total. The summed E-state index contributed by atoms with van der Waals surface area (Å²) in [5.41, 5.74) is 5.25. The zero-order valence-electron chi connectivity index (χ0n) is 4.69. The van der Waals surface area contributed by atoms with Gasteiger partial charge in [0.05, 0.1) is 0 Å². The monoisotopic (exact) mass is 152 g/mol. The van der Waals surface area contributed by atoms with Crippen LogP contribution in [0.1, 0.15) is 0 Å². The standard InChI is InChI=1S/C3H8N2O3S/c4-3-1-5(2-3)9(6,7)8/h3H,1-2,4H2,(H,6,7,8). The smallest absolute Gasteiger partial charge is 0.325 e. The van der Waals surface area contributed by atoms with Crippen LogP contribution >= 0.6 is 0 Å². The highest BCUT2D eigenvalue weighted by Crippen LogP contribution is 2.08. The normalized spacial score (nSPS) is 23.8. The molecule has 0 atom stereocenters. The van der Waals surface area contributed by atoms with Gasteiger partial charge in [-0.25, -0.2) is 0 Å². The van der Waals surface area contributed by atoms with Crippen molar-refractivity contribution in [1.29, 1.82) is 0 Å². The molecule has 0 unspecified atom stereocenters. The Morgan fingerprint density at radius 2 is 2.00 bits per heavy atom. The lowest BCUT2D eigenvalue weighted by molar-refractivity contribution is 0.239. The van der Waals surface area contributed by atoms with Gasteiger partial charge in [0.1, 0.15) is 0 Å². The summed E-state index contributed by atoms with van der Waals surface area (Å²) in [5, 5.41) is 0. The molecule has 0 saturated carbocycles. The third-order valence-electron chi connectivity index (χ3n) is 1.20. The molecule has 1 aliphatic heterocycles. The first-order chi connectivity index (χ1) is 4.00. The van der Waals surface area contributed by atoms with Crippen molar-refractivity contribution in [3.8, 4) is 0 Å². The Morgan fingerprint density at radius 1 is 1.56 bits per heavy atom. The van der Waals surface area contributed by atoms with Crippen molar-refractivity contribution in [2.45, 2.75) is 6.04 Å². The van der Waals surface area contributed by atoms with E-state index in [4.69, 9.17) is 10.3 Å². The zero-order chi connectivity index (χ0) is 7.07. The Morgan fingerprint density at radius 3 is 2.11 bits per heavy atom. The van der Waals surface area contributed by atoms with Crippen molar-refractivity contribution in [2.75, 3.05) is 13.1 Å². The maximum Gasteiger partial charge on any atom is 0.336 e. The van der Waals surface area contributed by atoms with Crippen LogP contribution in [-0.2, 0) is 10.3 Å². The number of hydrogen-bond donors (Lipinski definition) is 2. The van der Waals surface area contributed by atoms with Crippen LogP contribution in [0, 0.1) is 0 Å². The molecule has 0 aromatic carbocycles. The molecule has 1 aliphatic rings. The van der Waals surface area contributed by atoms with Crippen LogP contribution in [0.3, 0.4) is 0 Å². The van der Waals surface area contributed by atoms with Crippen LogP contribution in [0.15, 0.2) is 0 Å². The summed E-state index contributed by atoms with van der Waals surface area (Å²) in [7, 11) is -3.95. The molecule has 0 amide bonds. The molecular formula is C3H8N2O3S. The fourth-order valence-corrected chi connectivity index (χ4v) is 1.42. The van der Waals surface area contributed by atoms with Crippen LogP contribution in [-0.4, -0.2) is 36.4 Å². The summed E-state index contributed by atoms with van der Waals surface area (Å²) < 4.78 is 29.6. The molecule has 54 valence electrons. The fourth-order valence-electron chi connectivity index (χ4n) is 0.658. The van der Waals surface area contributed by atoms with Gasteiger partial charge in [0, 0.05) is 19.1 Å². The van der Waals surface area contributed by atoms with Gasteiger partial charge in [-0.1, -0.05) is 0 Å². The minimum Gasteiger partial charge on any atom is -0.325 e. The van der Waals surface area contributed by atoms with Gasteiger partial charge >= 0.3 is 10.3 Å². The van der Waals surface area contributed by atoms with Crippen molar-refractivity contribution >= 4 is 10.3 Å². The van der Waals surface area contributed by atoms with Gasteiger partial charge in [-0.15, -0.1) is 0 Å². The zero-order valence-corrected chi connectivity index (χ0v) is 5.50. The van der Waals surface area contributed by atoms with E-state index in [1.165, 1.54) is 0 Å². The van der Waals surface area contributed by atoms with Crippen molar-refractivity contribution in [1.82, 2.24) is 4.31 Å². The van der Waals surface area contributed by atoms with E-state index >= 15 is 0 Å². The molecule has 1 rings (SSSR count). The van der Waals surface area contributed by atoms with Gasteiger partial charge in [0.25, 0.3) is 0 Å². The van der Waals surface area contributed by atoms with Crippen molar-refractivity contribution in [3.05, 3.63) is 0 Å². The van der Waals surface area contributed by atoms with Crippen molar-refractivity contribution in [3.63, 3.8) is 0 Å². The molecule has 1 fully saturated rings. The summed E-state index contributed by atoms with van der Waals surface area (Å²) >= 11 is 0. The predicted octanol–water partition coefficient (Wildman–Crippen LogP) is -1.57. The Balaban J connectivity index is 2.51. The average molecular weight is 152 g/mol. The quantitative estimate of drug-likeness (QED) is 0.445. The van der Waals surface area contributed by atoms with Gasteiger partial charge in [0.2, 0.25) is 0 Å². The van der Waals surface area contributed by atoms with Crippen LogP contribution in [0.4, 0.5) is 0 Å². The summed E-state index contributed by atoms with van der Waals surface area (Å²) in [5.74, 6) is 0. The van der Waals surface area contributed by atoms with Gasteiger partial charge in [-0.2, -0.15) is 12.7 Å². The minimum absolute atomic E-state index is 0.105. The van der Waals surface area contributed by atoms with E-state index in [0.29, 0.717) is 0 Å². The molecule has 5 nitrogen and oxygen atoms in total. The number of nitrogens with two attached hydrogens (primary N) is 1. The highest BCUT2D eigenvalue weighted by Gasteiger charge is 2.31. The van der Waals surface area contributed by atoms with Crippen LogP contribution in [0.2, 0.25) is 0 Å². The number of nitrogens with zero attached hydrogens (tertiary/aromatic N) is 1. The Hall–Kier alpha value is -0.170. The second kappa shape index (κ2) is 1.91. The number of hydrogen-bond acceptors (Lipinski definition) is 3. The SMILES string of the molecule is NC1CN(S(=O)(=O)O)C1. The summed E-state index contributed by atoms with van der Waals surface area (Å²) in [4.78, 5) is 0. The molecule has 0 spiro atoms. The molecule has 0 bridgehead atoms. The van der Waals surface area contributed by atoms with Gasteiger partial charge in [-0.3, -0.25) is 4.55 Å². The Kier molecular flexibility index (Phi) is 1.47. The second-order valence-electron chi connectivity index (χ2n) is 2.05. The Labute approximate surface area is 53.3 Å². The van der Waals surface area contributed by atoms with Gasteiger partial charge in [0.15, 0.2) is 0 Å². The highest BCUT2D eigenvalue weighted by molar-refractivity contribution is 7.83. The lowest BCUT2D eigenvalue weighted by Crippen LogP contribution is -2.57.